The zero-order chi connectivity index (χ0) is 21.9. The molecule has 6 nitrogen and oxygen atoms in total. The summed E-state index contributed by atoms with van der Waals surface area (Å²) in [6.45, 7) is 5.87. The van der Waals surface area contributed by atoms with Gasteiger partial charge in [-0.2, -0.15) is 0 Å². The van der Waals surface area contributed by atoms with E-state index in [4.69, 9.17) is 23.7 Å². The first-order valence-corrected chi connectivity index (χ1v) is 10.7. The lowest BCUT2D eigenvalue weighted by Gasteiger charge is -2.17. The molecule has 0 saturated heterocycles. The van der Waals surface area contributed by atoms with Crippen molar-refractivity contribution in [2.75, 3.05) is 33.0 Å². The summed E-state index contributed by atoms with van der Waals surface area (Å²) in [5.41, 5.74) is 3.04. The Morgan fingerprint density at radius 2 is 1.81 bits per heavy atom. The van der Waals surface area contributed by atoms with E-state index in [1.54, 1.807) is 0 Å². The molecule has 0 bridgehead atoms. The lowest BCUT2D eigenvalue weighted by molar-refractivity contribution is -0.0187. The fourth-order valence-corrected chi connectivity index (χ4v) is 3.30. The maximum absolute atomic E-state index is 8.85. The van der Waals surface area contributed by atoms with Gasteiger partial charge in [0.15, 0.2) is 0 Å². The molecular formula is C25H31NO5. The minimum absolute atomic E-state index is 0.0202. The Labute approximate surface area is 183 Å². The summed E-state index contributed by atoms with van der Waals surface area (Å²) in [6.07, 6.45) is 1.40. The fourth-order valence-electron chi connectivity index (χ4n) is 3.30. The van der Waals surface area contributed by atoms with Crippen molar-refractivity contribution in [2.45, 2.75) is 32.8 Å². The van der Waals surface area contributed by atoms with E-state index in [1.807, 2.05) is 68.4 Å². The molecule has 0 unspecified atom stereocenters. The van der Waals surface area contributed by atoms with Crippen molar-refractivity contribution in [2.24, 2.45) is 0 Å². The van der Waals surface area contributed by atoms with Gasteiger partial charge in [0.25, 0.3) is 0 Å². The summed E-state index contributed by atoms with van der Waals surface area (Å²) in [4.78, 5) is 4.62. The highest BCUT2D eigenvalue weighted by Gasteiger charge is 2.12. The highest BCUT2D eigenvalue weighted by Crippen LogP contribution is 2.22. The van der Waals surface area contributed by atoms with Crippen LogP contribution in [0, 0.1) is 6.92 Å². The number of aryl methyl sites for hydroxylation is 1. The van der Waals surface area contributed by atoms with Crippen LogP contribution in [0.4, 0.5) is 0 Å². The molecule has 0 saturated carbocycles. The summed E-state index contributed by atoms with van der Waals surface area (Å²) in [6, 6.07) is 17.9. The number of hydrogen-bond acceptors (Lipinski definition) is 6. The molecule has 0 aliphatic rings. The summed E-state index contributed by atoms with van der Waals surface area (Å²) in [7, 11) is 0. The Kier molecular flexibility index (Phi) is 9.09. The molecular weight excluding hydrogens is 394 g/mol. The number of benzene rings is 2. The largest absolute Gasteiger partial charge is 0.493 e. The topological polar surface area (TPSA) is 74.0 Å². The maximum Gasteiger partial charge on any atom is 0.226 e. The van der Waals surface area contributed by atoms with Gasteiger partial charge in [-0.05, 0) is 43.7 Å². The number of nitrogens with zero attached hydrogens (tertiary/aromatic N) is 1. The van der Waals surface area contributed by atoms with Crippen LogP contribution in [0.3, 0.4) is 0 Å². The Morgan fingerprint density at radius 1 is 1.03 bits per heavy atom. The van der Waals surface area contributed by atoms with E-state index in [2.05, 4.69) is 4.98 Å². The number of aliphatic hydroxyl groups is 1. The molecule has 2 aromatic carbocycles. The van der Waals surface area contributed by atoms with Crippen LogP contribution in [0.15, 0.2) is 59.0 Å². The van der Waals surface area contributed by atoms with E-state index in [0.717, 1.165) is 34.8 Å². The average Bonchev–Trinajstić information content (AvgIpc) is 3.16. The molecule has 31 heavy (non-hydrogen) atoms. The number of aromatic nitrogens is 1. The predicted octanol–water partition coefficient (Wildman–Crippen LogP) is 4.23. The smallest absolute Gasteiger partial charge is 0.226 e. The van der Waals surface area contributed by atoms with Gasteiger partial charge in [0.1, 0.15) is 11.5 Å². The lowest BCUT2D eigenvalue weighted by atomic mass is 10.1. The second kappa shape index (κ2) is 12.2. The molecule has 3 aromatic rings. The van der Waals surface area contributed by atoms with Crippen LogP contribution >= 0.6 is 0 Å². The molecule has 6 heteroatoms. The first-order chi connectivity index (χ1) is 15.2. The van der Waals surface area contributed by atoms with Crippen molar-refractivity contribution >= 4 is 0 Å². The third kappa shape index (κ3) is 7.21. The van der Waals surface area contributed by atoms with Gasteiger partial charge in [-0.3, -0.25) is 0 Å². The number of rotatable bonds is 13. The molecule has 3 rings (SSSR count). The second-order valence-electron chi connectivity index (χ2n) is 7.21. The molecule has 166 valence electrons. The Hall–Kier alpha value is -2.67. The molecule has 0 spiro atoms. The average molecular weight is 426 g/mol. The number of hydrogen-bond donors (Lipinski definition) is 1. The van der Waals surface area contributed by atoms with Crippen molar-refractivity contribution in [1.29, 1.82) is 0 Å². The van der Waals surface area contributed by atoms with Gasteiger partial charge in [-0.1, -0.05) is 30.3 Å². The molecule has 1 aromatic heterocycles. The van der Waals surface area contributed by atoms with Gasteiger partial charge in [0.2, 0.25) is 5.89 Å². The van der Waals surface area contributed by atoms with Gasteiger partial charge in [0.05, 0.1) is 38.2 Å². The number of ether oxygens (including phenoxy) is 3. The second-order valence-corrected chi connectivity index (χ2v) is 7.21. The van der Waals surface area contributed by atoms with Gasteiger partial charge >= 0.3 is 0 Å². The van der Waals surface area contributed by atoms with Crippen LogP contribution in [0.5, 0.6) is 5.75 Å². The lowest BCUT2D eigenvalue weighted by Crippen LogP contribution is -2.23. The normalized spacial score (nSPS) is 12.1. The monoisotopic (exact) mass is 425 g/mol. The standard InChI is InChI=1S/C25H31NO5/c1-3-29-23(18-28-16-14-27)17-20-9-11-22(12-10-20)30-15-13-24-19(2)31-25(26-24)21-7-5-4-6-8-21/h4-12,23,27H,3,13-18H2,1-2H3/t23-/m0/s1. The first-order valence-electron chi connectivity index (χ1n) is 10.7. The van der Waals surface area contributed by atoms with Crippen LogP contribution in [0.25, 0.3) is 11.5 Å². The summed E-state index contributed by atoms with van der Waals surface area (Å²) >= 11 is 0. The summed E-state index contributed by atoms with van der Waals surface area (Å²) in [5.74, 6) is 2.28. The van der Waals surface area contributed by atoms with Gasteiger partial charge < -0.3 is 23.7 Å². The van der Waals surface area contributed by atoms with Crippen molar-refractivity contribution in [3.8, 4) is 17.2 Å². The van der Waals surface area contributed by atoms with E-state index in [0.29, 0.717) is 38.7 Å². The van der Waals surface area contributed by atoms with Crippen molar-refractivity contribution in [3.05, 3.63) is 71.6 Å². The third-order valence-electron chi connectivity index (χ3n) is 4.85. The summed E-state index contributed by atoms with van der Waals surface area (Å²) < 4.78 is 22.9. The van der Waals surface area contributed by atoms with E-state index in [9.17, 15) is 0 Å². The molecule has 0 fully saturated rings. The third-order valence-corrected chi connectivity index (χ3v) is 4.85. The highest BCUT2D eigenvalue weighted by molar-refractivity contribution is 5.53. The van der Waals surface area contributed by atoms with Crippen molar-refractivity contribution in [3.63, 3.8) is 0 Å². The van der Waals surface area contributed by atoms with Crippen molar-refractivity contribution in [1.82, 2.24) is 4.98 Å². The molecule has 1 N–H and O–H groups in total. The molecule has 1 heterocycles. The highest BCUT2D eigenvalue weighted by atomic mass is 16.5. The Balaban J connectivity index is 1.49. The number of aliphatic hydroxyl groups excluding tert-OH is 1. The molecule has 0 radical (unpaired) electrons. The quantitative estimate of drug-likeness (QED) is 0.413. The molecule has 0 amide bonds. The van der Waals surface area contributed by atoms with Crippen LogP contribution in [-0.4, -0.2) is 49.2 Å². The SMILES string of the molecule is CCO[C@H](COCCO)Cc1ccc(OCCc2nc(-c3ccccc3)oc2C)cc1. The fraction of sp³-hybridized carbons (Fsp3) is 0.400. The Morgan fingerprint density at radius 3 is 2.52 bits per heavy atom. The molecule has 1 atom stereocenters. The maximum atomic E-state index is 8.85. The zero-order valence-corrected chi connectivity index (χ0v) is 18.3. The van der Waals surface area contributed by atoms with E-state index >= 15 is 0 Å². The van der Waals surface area contributed by atoms with E-state index in [-0.39, 0.29) is 12.7 Å². The minimum atomic E-state index is -0.0303. The van der Waals surface area contributed by atoms with Gasteiger partial charge in [-0.15, -0.1) is 0 Å². The van der Waals surface area contributed by atoms with Crippen LogP contribution in [0.1, 0.15) is 23.9 Å². The van der Waals surface area contributed by atoms with E-state index < -0.39 is 0 Å². The minimum Gasteiger partial charge on any atom is -0.493 e. The van der Waals surface area contributed by atoms with Crippen LogP contribution < -0.4 is 4.74 Å². The van der Waals surface area contributed by atoms with Crippen molar-refractivity contribution < 1.29 is 23.7 Å². The molecule has 0 aliphatic carbocycles. The van der Waals surface area contributed by atoms with E-state index in [1.165, 1.54) is 0 Å². The predicted molar refractivity (Wildman–Crippen MR) is 119 cm³/mol. The Bertz CT molecular complexity index is 892. The van der Waals surface area contributed by atoms with Gasteiger partial charge in [-0.25, -0.2) is 4.98 Å². The van der Waals surface area contributed by atoms with Gasteiger partial charge in [0, 0.05) is 25.0 Å². The van der Waals surface area contributed by atoms with Crippen LogP contribution in [0.2, 0.25) is 0 Å². The summed E-state index contributed by atoms with van der Waals surface area (Å²) in [5, 5.41) is 8.85. The van der Waals surface area contributed by atoms with Crippen LogP contribution in [-0.2, 0) is 22.3 Å². The first kappa shape index (κ1) is 23.0. The molecule has 0 aliphatic heterocycles. The zero-order valence-electron chi connectivity index (χ0n) is 18.3. The number of oxazole rings is 1.